The van der Waals surface area contributed by atoms with Crippen molar-refractivity contribution in [3.8, 4) is 0 Å². The van der Waals surface area contributed by atoms with Crippen LogP contribution >= 0.6 is 0 Å². The average molecular weight is 255 g/mol. The van der Waals surface area contributed by atoms with Crippen molar-refractivity contribution in [1.82, 2.24) is 4.72 Å². The third-order valence-corrected chi connectivity index (χ3v) is 4.41. The third-order valence-electron chi connectivity index (χ3n) is 3.26. The highest BCUT2D eigenvalue weighted by atomic mass is 32.2. The maximum atomic E-state index is 12.0. The van der Waals surface area contributed by atoms with Crippen molar-refractivity contribution in [2.24, 2.45) is 17.8 Å². The van der Waals surface area contributed by atoms with Gasteiger partial charge in [0, 0.05) is 6.54 Å². The number of alkyl halides is 3. The SMILES string of the molecule is O=S(=O)(NC[C@@H]1C[C@H]2C=C[C@H]1C2)C(F)(F)F. The average Bonchev–Trinajstić information content (AvgIpc) is 2.73. The Morgan fingerprint density at radius 3 is 2.38 bits per heavy atom. The van der Waals surface area contributed by atoms with Crippen LogP contribution in [-0.2, 0) is 10.0 Å². The van der Waals surface area contributed by atoms with Crippen LogP contribution in [0.2, 0.25) is 0 Å². The highest BCUT2D eigenvalue weighted by molar-refractivity contribution is 7.90. The maximum absolute atomic E-state index is 12.0. The largest absolute Gasteiger partial charge is 0.511 e. The molecule has 2 rings (SSSR count). The van der Waals surface area contributed by atoms with Crippen molar-refractivity contribution in [2.75, 3.05) is 6.54 Å². The zero-order valence-electron chi connectivity index (χ0n) is 8.37. The molecule has 1 saturated carbocycles. The van der Waals surface area contributed by atoms with Gasteiger partial charge in [-0.1, -0.05) is 12.2 Å². The zero-order valence-corrected chi connectivity index (χ0v) is 9.18. The molecule has 0 spiro atoms. The van der Waals surface area contributed by atoms with Crippen molar-refractivity contribution in [1.29, 1.82) is 0 Å². The summed E-state index contributed by atoms with van der Waals surface area (Å²) in [6.45, 7) is -0.118. The van der Waals surface area contributed by atoms with E-state index in [-0.39, 0.29) is 18.4 Å². The number of sulfonamides is 1. The number of rotatable bonds is 3. The van der Waals surface area contributed by atoms with Crippen molar-refractivity contribution in [3.63, 3.8) is 0 Å². The van der Waals surface area contributed by atoms with Gasteiger partial charge in [-0.2, -0.15) is 13.2 Å². The summed E-state index contributed by atoms with van der Waals surface area (Å²) in [6, 6.07) is 0. The van der Waals surface area contributed by atoms with Crippen LogP contribution in [0.25, 0.3) is 0 Å². The lowest BCUT2D eigenvalue weighted by molar-refractivity contribution is -0.0448. The molecule has 0 aromatic carbocycles. The van der Waals surface area contributed by atoms with Crippen LogP contribution in [0, 0.1) is 17.8 Å². The Hall–Kier alpha value is -0.560. The van der Waals surface area contributed by atoms with Gasteiger partial charge in [-0.15, -0.1) is 0 Å². The molecule has 0 aromatic rings. The lowest BCUT2D eigenvalue weighted by Gasteiger charge is -2.18. The van der Waals surface area contributed by atoms with Crippen LogP contribution in [0.4, 0.5) is 13.2 Å². The van der Waals surface area contributed by atoms with E-state index in [9.17, 15) is 21.6 Å². The minimum absolute atomic E-state index is 0.00660. The van der Waals surface area contributed by atoms with Gasteiger partial charge in [0.05, 0.1) is 0 Å². The predicted octanol–water partition coefficient (Wildman–Crippen LogP) is 1.64. The van der Waals surface area contributed by atoms with Gasteiger partial charge in [0.25, 0.3) is 0 Å². The molecule has 0 unspecified atom stereocenters. The fourth-order valence-electron chi connectivity index (χ4n) is 2.43. The van der Waals surface area contributed by atoms with Crippen LogP contribution < -0.4 is 4.72 Å². The minimum Gasteiger partial charge on any atom is -0.207 e. The standard InChI is InChI=1S/C9H12F3NO2S/c10-9(11,12)16(14,15)13-5-8-4-6-1-2-7(8)3-6/h1-2,6-8,13H,3-5H2/t6-,7-,8-/m0/s1. The molecule has 16 heavy (non-hydrogen) atoms. The third kappa shape index (κ3) is 2.10. The van der Waals surface area contributed by atoms with Crippen LogP contribution in [0.5, 0.6) is 0 Å². The number of allylic oxidation sites excluding steroid dienone is 2. The normalized spacial score (nSPS) is 33.6. The Kier molecular flexibility index (Phi) is 2.78. The van der Waals surface area contributed by atoms with Crippen LogP contribution in [-0.4, -0.2) is 20.5 Å². The van der Waals surface area contributed by atoms with Gasteiger partial charge in [0.15, 0.2) is 0 Å². The first-order chi connectivity index (χ1) is 7.29. The first kappa shape index (κ1) is 11.9. The molecule has 2 bridgehead atoms. The Balaban J connectivity index is 1.92. The lowest BCUT2D eigenvalue weighted by atomic mass is 9.94. The Morgan fingerprint density at radius 2 is 1.94 bits per heavy atom. The predicted molar refractivity (Wildman–Crippen MR) is 51.8 cm³/mol. The summed E-state index contributed by atoms with van der Waals surface area (Å²) >= 11 is 0. The Labute approximate surface area is 91.8 Å². The van der Waals surface area contributed by atoms with Gasteiger partial charge in [0.2, 0.25) is 0 Å². The topological polar surface area (TPSA) is 46.2 Å². The molecule has 0 amide bonds. The first-order valence-electron chi connectivity index (χ1n) is 5.04. The minimum atomic E-state index is -5.21. The van der Waals surface area contributed by atoms with E-state index >= 15 is 0 Å². The monoisotopic (exact) mass is 255 g/mol. The number of fused-ring (bicyclic) bond motifs is 2. The highest BCUT2D eigenvalue weighted by Crippen LogP contribution is 2.43. The molecule has 0 aliphatic heterocycles. The fourth-order valence-corrected chi connectivity index (χ4v) is 3.03. The molecule has 0 heterocycles. The van der Waals surface area contributed by atoms with Gasteiger partial charge in [0.1, 0.15) is 0 Å². The summed E-state index contributed by atoms with van der Waals surface area (Å²) in [7, 11) is -5.18. The molecule has 3 atom stereocenters. The smallest absolute Gasteiger partial charge is 0.207 e. The zero-order chi connectivity index (χ0) is 12.0. The molecular weight excluding hydrogens is 243 g/mol. The molecule has 7 heteroatoms. The van der Waals surface area contributed by atoms with Gasteiger partial charge < -0.3 is 0 Å². The second-order valence-corrected chi connectivity index (χ2v) is 6.10. The quantitative estimate of drug-likeness (QED) is 0.779. The van der Waals surface area contributed by atoms with Gasteiger partial charge in [-0.25, -0.2) is 13.1 Å². The van der Waals surface area contributed by atoms with E-state index < -0.39 is 15.5 Å². The fraction of sp³-hybridized carbons (Fsp3) is 0.778. The molecular formula is C9H12F3NO2S. The summed E-state index contributed by atoms with van der Waals surface area (Å²) in [5.41, 5.74) is -5.21. The molecule has 2 aliphatic rings. The van der Waals surface area contributed by atoms with Crippen molar-refractivity contribution < 1.29 is 21.6 Å². The molecule has 3 nitrogen and oxygen atoms in total. The van der Waals surface area contributed by atoms with E-state index in [1.807, 2.05) is 6.08 Å². The van der Waals surface area contributed by atoms with Crippen LogP contribution in [0.1, 0.15) is 12.8 Å². The second kappa shape index (κ2) is 3.73. The van der Waals surface area contributed by atoms with Gasteiger partial charge in [-0.05, 0) is 30.6 Å². The van der Waals surface area contributed by atoms with Crippen molar-refractivity contribution >= 4 is 10.0 Å². The summed E-state index contributed by atoms with van der Waals surface area (Å²) in [6.07, 6.45) is 5.75. The van der Waals surface area contributed by atoms with Crippen LogP contribution in [0.3, 0.4) is 0 Å². The molecule has 1 fully saturated rings. The van der Waals surface area contributed by atoms with Gasteiger partial charge in [-0.3, -0.25) is 0 Å². The van der Waals surface area contributed by atoms with Crippen molar-refractivity contribution in [2.45, 2.75) is 18.3 Å². The van der Waals surface area contributed by atoms with Crippen LogP contribution in [0.15, 0.2) is 12.2 Å². The molecule has 2 aliphatic carbocycles. The highest BCUT2D eigenvalue weighted by Gasteiger charge is 2.46. The number of nitrogens with one attached hydrogen (secondary N) is 1. The molecule has 0 radical (unpaired) electrons. The number of halogens is 3. The van der Waals surface area contributed by atoms with Gasteiger partial charge >= 0.3 is 15.5 Å². The number of hydrogen-bond acceptors (Lipinski definition) is 2. The van der Waals surface area contributed by atoms with Crippen molar-refractivity contribution in [3.05, 3.63) is 12.2 Å². The first-order valence-corrected chi connectivity index (χ1v) is 6.52. The molecule has 0 saturated heterocycles. The van der Waals surface area contributed by atoms with E-state index in [1.165, 1.54) is 0 Å². The Bertz CT molecular complexity index is 401. The summed E-state index contributed by atoms with van der Waals surface area (Å²) in [5, 5.41) is 0. The van der Waals surface area contributed by atoms with E-state index in [4.69, 9.17) is 0 Å². The molecule has 0 aromatic heterocycles. The van der Waals surface area contributed by atoms with E-state index in [0.29, 0.717) is 5.92 Å². The van der Waals surface area contributed by atoms with E-state index in [1.54, 1.807) is 4.72 Å². The summed E-state index contributed by atoms with van der Waals surface area (Å²) in [5.74, 6) is 0.665. The van der Waals surface area contributed by atoms with E-state index in [0.717, 1.165) is 12.8 Å². The molecule has 1 N–H and O–H groups in total. The summed E-state index contributed by atoms with van der Waals surface area (Å²) < 4.78 is 59.3. The Morgan fingerprint density at radius 1 is 1.25 bits per heavy atom. The van der Waals surface area contributed by atoms with E-state index in [2.05, 4.69) is 6.08 Å². The lowest BCUT2D eigenvalue weighted by Crippen LogP contribution is -2.39. The second-order valence-electron chi connectivity index (χ2n) is 4.34. The number of hydrogen-bond donors (Lipinski definition) is 1. The molecule has 92 valence electrons. The maximum Gasteiger partial charge on any atom is 0.511 e. The summed E-state index contributed by atoms with van der Waals surface area (Å²) in [4.78, 5) is 0.